The maximum absolute atomic E-state index is 2.38. The minimum atomic E-state index is -0.693. The zero-order valence-corrected chi connectivity index (χ0v) is 25.0. The summed E-state index contributed by atoms with van der Waals surface area (Å²) in [6.45, 7) is 9.40. The summed E-state index contributed by atoms with van der Waals surface area (Å²) in [6.07, 6.45) is 37.6. The Kier molecular flexibility index (Phi) is 29.9. The molecule has 190 valence electrons. The Balaban J connectivity index is 0. The van der Waals surface area contributed by atoms with Crippen molar-refractivity contribution >= 4 is 7.26 Å². The first kappa shape index (κ1) is 34.1. The smallest absolute Gasteiger partial charge is 0.0594 e. The summed E-state index contributed by atoms with van der Waals surface area (Å²) in [5, 5.41) is 0. The minimum Gasteiger partial charge on any atom is -1.00 e. The molecule has 0 rings (SSSR count). The van der Waals surface area contributed by atoms with Crippen LogP contribution in [0.3, 0.4) is 0 Å². The van der Waals surface area contributed by atoms with Gasteiger partial charge in [0, 0.05) is 7.26 Å². The molecule has 0 radical (unpaired) electrons. The average Bonchev–Trinajstić information content (AvgIpc) is 2.75. The van der Waals surface area contributed by atoms with Gasteiger partial charge < -0.3 is 17.0 Å². The molecule has 0 fully saturated rings. The van der Waals surface area contributed by atoms with Gasteiger partial charge in [0.2, 0.25) is 0 Å². The lowest BCUT2D eigenvalue weighted by molar-refractivity contribution is -0.00000690. The van der Waals surface area contributed by atoms with Gasteiger partial charge in [0.15, 0.2) is 0 Å². The lowest BCUT2D eigenvalue weighted by Gasteiger charge is -2.28. The molecule has 0 spiro atoms. The minimum absolute atomic E-state index is 0. The second kappa shape index (κ2) is 27.2. The number of unbranched alkanes of at least 4 members (excludes halogenated alkanes) is 17. The van der Waals surface area contributed by atoms with E-state index < -0.39 is 7.26 Å². The fourth-order valence-corrected chi connectivity index (χ4v) is 9.97. The molecule has 0 aromatic rings. The van der Waals surface area contributed by atoms with E-state index >= 15 is 0 Å². The maximum Gasteiger partial charge on any atom is 0.0594 e. The van der Waals surface area contributed by atoms with E-state index in [-0.39, 0.29) is 17.0 Å². The second-order valence-corrected chi connectivity index (χ2v) is 14.7. The molecule has 0 heterocycles. The van der Waals surface area contributed by atoms with Crippen LogP contribution in [0.4, 0.5) is 0 Å². The molecule has 0 N–H and O–H groups in total. The molecule has 0 unspecified atom stereocenters. The molecule has 0 aromatic carbocycles. The highest BCUT2D eigenvalue weighted by molar-refractivity contribution is 7.75. The summed E-state index contributed by atoms with van der Waals surface area (Å²) >= 11 is 0. The van der Waals surface area contributed by atoms with Gasteiger partial charge in [0.1, 0.15) is 0 Å². The van der Waals surface area contributed by atoms with E-state index in [9.17, 15) is 0 Å². The number of hydrogen-bond acceptors (Lipinski definition) is 0. The van der Waals surface area contributed by atoms with Crippen LogP contribution >= 0.6 is 7.26 Å². The van der Waals surface area contributed by atoms with Gasteiger partial charge in [-0.3, -0.25) is 0 Å². The Morgan fingerprint density at radius 3 is 0.774 bits per heavy atom. The van der Waals surface area contributed by atoms with Crippen LogP contribution in [0.1, 0.15) is 163 Å². The molecule has 0 atom stereocenters. The second-order valence-electron chi connectivity index (χ2n) is 10.2. The Labute approximate surface area is 211 Å². The Morgan fingerprint density at radius 1 is 0.290 bits per heavy atom. The topological polar surface area (TPSA) is 0 Å². The van der Waals surface area contributed by atoms with E-state index in [2.05, 4.69) is 27.7 Å². The molecule has 2 heteroatoms. The molecule has 0 nitrogen and oxygen atoms in total. The summed E-state index contributed by atoms with van der Waals surface area (Å²) in [6, 6.07) is 0. The average molecular weight is 522 g/mol. The van der Waals surface area contributed by atoms with Crippen LogP contribution in [0, 0.1) is 0 Å². The Morgan fingerprint density at radius 2 is 0.484 bits per heavy atom. The Bertz CT molecular complexity index is 277. The monoisotopic (exact) mass is 520 g/mol. The zero-order valence-electron chi connectivity index (χ0n) is 22.5. The number of halogens is 1. The van der Waals surface area contributed by atoms with Crippen LogP contribution in [0.15, 0.2) is 0 Å². The molecule has 0 aliphatic heterocycles. The highest BCUT2D eigenvalue weighted by atomic mass is 79.9. The van der Waals surface area contributed by atoms with Gasteiger partial charge in [-0.15, -0.1) is 0 Å². The van der Waals surface area contributed by atoms with Gasteiger partial charge in [-0.25, -0.2) is 0 Å². The fourth-order valence-electron chi connectivity index (χ4n) is 5.05. The lowest BCUT2D eigenvalue weighted by Crippen LogP contribution is -3.00. The van der Waals surface area contributed by atoms with Crippen molar-refractivity contribution in [3.8, 4) is 0 Å². The van der Waals surface area contributed by atoms with Gasteiger partial charge in [-0.1, -0.05) is 118 Å². The van der Waals surface area contributed by atoms with Gasteiger partial charge in [-0.05, 0) is 44.9 Å². The summed E-state index contributed by atoms with van der Waals surface area (Å²) in [5.41, 5.74) is 0. The van der Waals surface area contributed by atoms with Crippen LogP contribution in [0.2, 0.25) is 0 Å². The predicted octanol–water partition coefficient (Wildman–Crippen LogP) is 8.28. The van der Waals surface area contributed by atoms with Crippen LogP contribution in [0.5, 0.6) is 0 Å². The van der Waals surface area contributed by atoms with Crippen molar-refractivity contribution in [2.75, 3.05) is 24.6 Å². The third-order valence-electron chi connectivity index (χ3n) is 7.19. The zero-order chi connectivity index (χ0) is 22.2. The van der Waals surface area contributed by atoms with E-state index in [1.807, 2.05) is 0 Å². The Hall–Kier alpha value is 0.910. The van der Waals surface area contributed by atoms with Gasteiger partial charge in [0.05, 0.1) is 24.6 Å². The van der Waals surface area contributed by atoms with E-state index in [1.165, 1.54) is 116 Å². The van der Waals surface area contributed by atoms with Gasteiger partial charge in [-0.2, -0.15) is 0 Å². The molecular weight excluding hydrogens is 459 g/mol. The van der Waals surface area contributed by atoms with Crippen molar-refractivity contribution in [1.29, 1.82) is 0 Å². The molecule has 31 heavy (non-hydrogen) atoms. The summed E-state index contributed by atoms with van der Waals surface area (Å²) in [4.78, 5) is 0. The van der Waals surface area contributed by atoms with E-state index in [1.54, 1.807) is 43.9 Å². The highest BCUT2D eigenvalue weighted by Gasteiger charge is 2.34. The van der Waals surface area contributed by atoms with E-state index in [4.69, 9.17) is 0 Å². The first-order chi connectivity index (χ1) is 14.7. The van der Waals surface area contributed by atoms with Crippen LogP contribution in [-0.2, 0) is 0 Å². The molecule has 0 amide bonds. The summed E-state index contributed by atoms with van der Waals surface area (Å²) in [7, 11) is -0.693. The highest BCUT2D eigenvalue weighted by Crippen LogP contribution is 2.61. The van der Waals surface area contributed by atoms with Crippen LogP contribution < -0.4 is 17.0 Å². The quantitative estimate of drug-likeness (QED) is 0.0838. The van der Waals surface area contributed by atoms with Crippen molar-refractivity contribution in [2.24, 2.45) is 0 Å². The molecule has 0 aliphatic carbocycles. The lowest BCUT2D eigenvalue weighted by atomic mass is 10.1. The van der Waals surface area contributed by atoms with Crippen molar-refractivity contribution in [3.05, 3.63) is 0 Å². The summed E-state index contributed by atoms with van der Waals surface area (Å²) in [5.74, 6) is 0. The number of rotatable bonds is 25. The molecule has 0 aliphatic rings. The molecule has 0 saturated carbocycles. The first-order valence-corrected chi connectivity index (χ1v) is 17.1. The fraction of sp³-hybridized carbons (Fsp3) is 1.00. The molecular formula is C29H62BrP. The van der Waals surface area contributed by atoms with Crippen LogP contribution in [-0.4, -0.2) is 24.6 Å². The van der Waals surface area contributed by atoms with E-state index in [0.29, 0.717) is 0 Å². The molecule has 0 aromatic heterocycles. The third kappa shape index (κ3) is 22.5. The SMILES string of the molecule is CCCCCCCC[P+](CCCCC)(CCCCCCCC)CCCCCCCC.[Br-]. The van der Waals surface area contributed by atoms with Crippen molar-refractivity contribution in [3.63, 3.8) is 0 Å². The van der Waals surface area contributed by atoms with E-state index in [0.717, 1.165) is 0 Å². The van der Waals surface area contributed by atoms with Crippen molar-refractivity contribution in [2.45, 2.75) is 163 Å². The van der Waals surface area contributed by atoms with Crippen molar-refractivity contribution < 1.29 is 17.0 Å². The normalized spacial score (nSPS) is 11.6. The summed E-state index contributed by atoms with van der Waals surface area (Å²) < 4.78 is 0. The molecule has 0 bridgehead atoms. The van der Waals surface area contributed by atoms with Crippen molar-refractivity contribution in [1.82, 2.24) is 0 Å². The predicted molar refractivity (Wildman–Crippen MR) is 146 cm³/mol. The maximum atomic E-state index is 2.38. The number of hydrogen-bond donors (Lipinski definition) is 0. The third-order valence-corrected chi connectivity index (χ3v) is 12.3. The van der Waals surface area contributed by atoms with Gasteiger partial charge in [0.25, 0.3) is 0 Å². The standard InChI is InChI=1S/C29H62P.BrH/c1-5-9-13-16-19-23-27-30(26-22-12-8-4,28-24-20-17-14-10-6-2)29-25-21-18-15-11-7-3;/h5-29H2,1-4H3;1H/q+1;/p-1. The molecule has 0 saturated heterocycles. The van der Waals surface area contributed by atoms with Gasteiger partial charge >= 0.3 is 0 Å². The largest absolute Gasteiger partial charge is 1.00 e. The van der Waals surface area contributed by atoms with Crippen LogP contribution in [0.25, 0.3) is 0 Å². The first-order valence-electron chi connectivity index (χ1n) is 14.6.